The molecule has 0 aliphatic carbocycles. The SMILES string of the molecule is COc1ccc(O[C@@H]2O[C@H](CO)[C@@H](O)[C@H](O[C@@H]3O[C@@H](C)[C@@H](O)[C@@H](O)[C@@H]3O)[C@H]2NC(C)=O)cc1. The van der Waals surface area contributed by atoms with Crippen molar-refractivity contribution in [3.63, 3.8) is 0 Å². The second-order valence-electron chi connectivity index (χ2n) is 8.02. The molecule has 10 atom stereocenters. The molecule has 33 heavy (non-hydrogen) atoms. The van der Waals surface area contributed by atoms with Crippen LogP contribution in [0.1, 0.15) is 13.8 Å². The van der Waals surface area contributed by atoms with E-state index in [-0.39, 0.29) is 0 Å². The van der Waals surface area contributed by atoms with Crippen LogP contribution in [0.5, 0.6) is 11.5 Å². The van der Waals surface area contributed by atoms with Gasteiger partial charge < -0.3 is 54.5 Å². The van der Waals surface area contributed by atoms with Gasteiger partial charge in [-0.15, -0.1) is 0 Å². The molecule has 12 heteroatoms. The smallest absolute Gasteiger partial charge is 0.223 e. The van der Waals surface area contributed by atoms with E-state index in [4.69, 9.17) is 23.7 Å². The molecule has 1 aromatic carbocycles. The highest BCUT2D eigenvalue weighted by atomic mass is 16.7. The van der Waals surface area contributed by atoms with Crippen LogP contribution in [-0.2, 0) is 19.0 Å². The summed E-state index contributed by atoms with van der Waals surface area (Å²) in [4.78, 5) is 11.9. The van der Waals surface area contributed by atoms with E-state index >= 15 is 0 Å². The van der Waals surface area contributed by atoms with E-state index in [2.05, 4.69) is 5.32 Å². The summed E-state index contributed by atoms with van der Waals surface area (Å²) in [5.41, 5.74) is 0. The number of ether oxygens (including phenoxy) is 5. The van der Waals surface area contributed by atoms with Gasteiger partial charge in [-0.1, -0.05) is 0 Å². The second-order valence-corrected chi connectivity index (χ2v) is 8.02. The highest BCUT2D eigenvalue weighted by Crippen LogP contribution is 2.30. The summed E-state index contributed by atoms with van der Waals surface area (Å²) in [6.07, 6.45) is -12.0. The molecule has 0 radical (unpaired) electrons. The van der Waals surface area contributed by atoms with Gasteiger partial charge in [-0.3, -0.25) is 4.79 Å². The first-order valence-electron chi connectivity index (χ1n) is 10.5. The molecule has 2 aliphatic rings. The summed E-state index contributed by atoms with van der Waals surface area (Å²) < 4.78 is 27.9. The zero-order valence-corrected chi connectivity index (χ0v) is 18.5. The van der Waals surface area contributed by atoms with Gasteiger partial charge in [0.1, 0.15) is 54.2 Å². The Hall–Kier alpha value is -2.03. The predicted molar refractivity (Wildman–Crippen MR) is 110 cm³/mol. The number of hydrogen-bond donors (Lipinski definition) is 6. The Morgan fingerprint density at radius 2 is 1.61 bits per heavy atom. The van der Waals surface area contributed by atoms with E-state index < -0.39 is 73.9 Å². The topological polar surface area (TPSA) is 176 Å². The normalized spacial score (nSPS) is 39.0. The van der Waals surface area contributed by atoms with Crippen molar-refractivity contribution in [3.8, 4) is 11.5 Å². The molecule has 2 heterocycles. The number of methoxy groups -OCH3 is 1. The lowest BCUT2D eigenvalue weighted by Gasteiger charge is -2.47. The Kier molecular flexibility index (Phi) is 8.48. The first kappa shape index (κ1) is 25.6. The number of benzene rings is 1. The van der Waals surface area contributed by atoms with Gasteiger partial charge >= 0.3 is 0 Å². The minimum absolute atomic E-state index is 0.351. The summed E-state index contributed by atoms with van der Waals surface area (Å²) in [7, 11) is 1.51. The fourth-order valence-corrected chi connectivity index (χ4v) is 3.79. The maximum Gasteiger partial charge on any atom is 0.223 e. The summed E-state index contributed by atoms with van der Waals surface area (Å²) >= 11 is 0. The third-order valence-electron chi connectivity index (χ3n) is 5.63. The van der Waals surface area contributed by atoms with E-state index in [1.165, 1.54) is 21.0 Å². The number of hydrogen-bond acceptors (Lipinski definition) is 11. The Balaban J connectivity index is 1.86. The number of carbonyl (C=O) groups excluding carboxylic acids is 1. The third-order valence-corrected chi connectivity index (χ3v) is 5.63. The third kappa shape index (κ3) is 5.73. The van der Waals surface area contributed by atoms with Crippen LogP contribution in [0.25, 0.3) is 0 Å². The highest BCUT2D eigenvalue weighted by Gasteiger charge is 2.51. The van der Waals surface area contributed by atoms with E-state index in [0.29, 0.717) is 11.5 Å². The molecule has 2 fully saturated rings. The number of carbonyl (C=O) groups is 1. The van der Waals surface area contributed by atoms with Gasteiger partial charge in [0.05, 0.1) is 19.8 Å². The van der Waals surface area contributed by atoms with Crippen LogP contribution < -0.4 is 14.8 Å². The first-order valence-corrected chi connectivity index (χ1v) is 10.5. The maximum absolute atomic E-state index is 11.9. The largest absolute Gasteiger partial charge is 0.497 e. The molecule has 3 rings (SSSR count). The van der Waals surface area contributed by atoms with Crippen molar-refractivity contribution in [3.05, 3.63) is 24.3 Å². The summed E-state index contributed by atoms with van der Waals surface area (Å²) in [5, 5.41) is 53.4. The molecule has 12 nitrogen and oxygen atoms in total. The zero-order valence-electron chi connectivity index (χ0n) is 18.5. The van der Waals surface area contributed by atoms with Crippen LogP contribution in [0.2, 0.25) is 0 Å². The van der Waals surface area contributed by atoms with Crippen LogP contribution >= 0.6 is 0 Å². The van der Waals surface area contributed by atoms with Crippen LogP contribution in [0.15, 0.2) is 24.3 Å². The minimum Gasteiger partial charge on any atom is -0.497 e. The van der Waals surface area contributed by atoms with E-state index in [1.807, 2.05) is 0 Å². The Morgan fingerprint density at radius 3 is 2.18 bits per heavy atom. The Morgan fingerprint density at radius 1 is 0.970 bits per heavy atom. The number of aliphatic hydroxyl groups excluding tert-OH is 5. The lowest BCUT2D eigenvalue weighted by atomic mass is 9.95. The molecule has 0 spiro atoms. The Labute approximate surface area is 190 Å². The van der Waals surface area contributed by atoms with Gasteiger partial charge in [0.25, 0.3) is 0 Å². The lowest BCUT2D eigenvalue weighted by molar-refractivity contribution is -0.335. The van der Waals surface area contributed by atoms with Crippen molar-refractivity contribution in [2.75, 3.05) is 13.7 Å². The maximum atomic E-state index is 11.9. The van der Waals surface area contributed by atoms with Crippen molar-refractivity contribution in [1.82, 2.24) is 5.32 Å². The van der Waals surface area contributed by atoms with Gasteiger partial charge in [0, 0.05) is 6.92 Å². The van der Waals surface area contributed by atoms with Gasteiger partial charge in [-0.2, -0.15) is 0 Å². The molecule has 6 N–H and O–H groups in total. The highest BCUT2D eigenvalue weighted by molar-refractivity contribution is 5.73. The lowest BCUT2D eigenvalue weighted by Crippen LogP contribution is -2.68. The summed E-state index contributed by atoms with van der Waals surface area (Å²) in [6, 6.07) is 5.42. The molecule has 0 unspecified atom stereocenters. The molecular weight excluding hydrogens is 442 g/mol. The molecule has 0 saturated carbocycles. The average molecular weight is 473 g/mol. The molecule has 0 aromatic heterocycles. The number of amides is 1. The van der Waals surface area contributed by atoms with Gasteiger partial charge in [-0.05, 0) is 31.2 Å². The number of rotatable bonds is 7. The van der Waals surface area contributed by atoms with Crippen LogP contribution in [0, 0.1) is 0 Å². The minimum atomic E-state index is -1.64. The molecule has 1 aromatic rings. The van der Waals surface area contributed by atoms with Crippen molar-refractivity contribution in [2.45, 2.75) is 75.2 Å². The van der Waals surface area contributed by atoms with Crippen molar-refractivity contribution < 1.29 is 54.0 Å². The zero-order chi connectivity index (χ0) is 24.3. The van der Waals surface area contributed by atoms with Crippen molar-refractivity contribution >= 4 is 5.91 Å². The molecule has 2 saturated heterocycles. The molecule has 2 aliphatic heterocycles. The van der Waals surface area contributed by atoms with Crippen LogP contribution in [-0.4, -0.2) is 107 Å². The van der Waals surface area contributed by atoms with Gasteiger partial charge in [0.15, 0.2) is 6.29 Å². The van der Waals surface area contributed by atoms with Crippen molar-refractivity contribution in [1.29, 1.82) is 0 Å². The van der Waals surface area contributed by atoms with E-state index in [0.717, 1.165) is 0 Å². The van der Waals surface area contributed by atoms with Crippen LogP contribution in [0.3, 0.4) is 0 Å². The van der Waals surface area contributed by atoms with E-state index in [1.54, 1.807) is 24.3 Å². The molecular formula is C21H31NO11. The van der Waals surface area contributed by atoms with Gasteiger partial charge in [0.2, 0.25) is 12.2 Å². The van der Waals surface area contributed by atoms with Gasteiger partial charge in [-0.25, -0.2) is 0 Å². The van der Waals surface area contributed by atoms with Crippen molar-refractivity contribution in [2.24, 2.45) is 0 Å². The average Bonchev–Trinajstić information content (AvgIpc) is 2.79. The summed E-state index contributed by atoms with van der Waals surface area (Å²) in [6.45, 7) is 2.14. The van der Waals surface area contributed by atoms with Crippen LogP contribution in [0.4, 0.5) is 0 Å². The second kappa shape index (κ2) is 10.9. The summed E-state index contributed by atoms with van der Waals surface area (Å²) in [5.74, 6) is 0.460. The first-order chi connectivity index (χ1) is 15.7. The molecule has 0 bridgehead atoms. The molecule has 1 amide bonds. The number of aliphatic hydroxyl groups is 5. The number of nitrogens with one attached hydrogen (secondary N) is 1. The fraction of sp³-hybridized carbons (Fsp3) is 0.667. The Bertz CT molecular complexity index is 778. The quantitative estimate of drug-likeness (QED) is 0.255. The standard InChI is InChI=1S/C21H31NO11/c1-9-15(25)17(27)18(28)21(30-9)33-19-14(22-10(2)24)20(32-13(8-23)16(19)26)31-12-6-4-11(29-3)5-7-12/h4-7,9,13-21,23,25-28H,8H2,1-3H3,(H,22,24)/t9-,13+,14+,15+,16+,17+,18-,19+,20+,21-/m0/s1. The predicted octanol–water partition coefficient (Wildman–Crippen LogP) is -2.13. The monoisotopic (exact) mass is 473 g/mol. The fourth-order valence-electron chi connectivity index (χ4n) is 3.79. The molecule has 186 valence electrons. The van der Waals surface area contributed by atoms with E-state index in [9.17, 15) is 30.3 Å².